The van der Waals surface area contributed by atoms with Crippen LogP contribution in [-0.2, 0) is 11.2 Å². The summed E-state index contributed by atoms with van der Waals surface area (Å²) in [6, 6.07) is 4.14. The van der Waals surface area contributed by atoms with Crippen LogP contribution in [0.2, 0.25) is 0 Å². The second-order valence-electron chi connectivity index (χ2n) is 5.98. The van der Waals surface area contributed by atoms with E-state index in [4.69, 9.17) is 5.73 Å². The van der Waals surface area contributed by atoms with Gasteiger partial charge in [0.05, 0.1) is 19.3 Å². The molecule has 4 N–H and O–H groups in total. The van der Waals surface area contributed by atoms with Crippen LogP contribution in [0.3, 0.4) is 0 Å². The third-order valence-corrected chi connectivity index (χ3v) is 4.01. The largest absolute Gasteiger partial charge is 0.385 e. The molecule has 5 nitrogen and oxygen atoms in total. The lowest BCUT2D eigenvalue weighted by Gasteiger charge is -2.17. The molecule has 0 radical (unpaired) electrons. The van der Waals surface area contributed by atoms with E-state index in [1.165, 1.54) is 0 Å². The number of amides is 1. The SMILES string of the molecule is CC(C)=C(N)NC(=O)Cc1c(C)ccc(C2=CNC=NC2)c1C. The van der Waals surface area contributed by atoms with Crippen molar-refractivity contribution < 1.29 is 4.79 Å². The van der Waals surface area contributed by atoms with Crippen molar-refractivity contribution in [1.82, 2.24) is 10.6 Å². The Hall–Kier alpha value is -2.56. The van der Waals surface area contributed by atoms with Gasteiger partial charge in [-0.2, -0.15) is 0 Å². The molecule has 122 valence electrons. The number of carbonyl (C=O) groups excluding carboxylic acids is 1. The lowest BCUT2D eigenvalue weighted by Crippen LogP contribution is -2.30. The van der Waals surface area contributed by atoms with E-state index in [0.29, 0.717) is 18.8 Å². The van der Waals surface area contributed by atoms with Crippen molar-refractivity contribution in [2.75, 3.05) is 6.54 Å². The van der Waals surface area contributed by atoms with Gasteiger partial charge in [0, 0.05) is 6.20 Å². The molecular weight excluding hydrogens is 288 g/mol. The van der Waals surface area contributed by atoms with Crippen molar-refractivity contribution in [3.8, 4) is 0 Å². The highest BCUT2D eigenvalue weighted by Gasteiger charge is 2.15. The Balaban J connectivity index is 2.27. The van der Waals surface area contributed by atoms with E-state index in [1.54, 1.807) is 6.34 Å². The highest BCUT2D eigenvalue weighted by molar-refractivity contribution is 5.82. The van der Waals surface area contributed by atoms with Gasteiger partial charge in [-0.3, -0.25) is 9.79 Å². The standard InChI is InChI=1S/C18H24N4O/c1-11(2)18(19)22-17(23)7-16-12(3)5-6-15(13(16)4)14-8-20-10-21-9-14/h5-6,8,10H,7,9,19H2,1-4H3,(H,20,21)(H,22,23). The average molecular weight is 312 g/mol. The van der Waals surface area contributed by atoms with Crippen LogP contribution < -0.4 is 16.4 Å². The number of allylic oxidation sites excluding steroid dienone is 1. The second-order valence-corrected chi connectivity index (χ2v) is 5.98. The molecule has 0 spiro atoms. The number of hydrogen-bond acceptors (Lipinski definition) is 4. The molecule has 0 bridgehead atoms. The molecule has 1 aliphatic heterocycles. The van der Waals surface area contributed by atoms with Crippen LogP contribution in [0.25, 0.3) is 5.57 Å². The minimum Gasteiger partial charge on any atom is -0.385 e. The summed E-state index contributed by atoms with van der Waals surface area (Å²) in [4.78, 5) is 16.5. The third kappa shape index (κ3) is 4.00. The van der Waals surface area contributed by atoms with Crippen LogP contribution in [0.5, 0.6) is 0 Å². The highest BCUT2D eigenvalue weighted by atomic mass is 16.1. The van der Waals surface area contributed by atoms with Gasteiger partial charge in [-0.1, -0.05) is 12.1 Å². The summed E-state index contributed by atoms with van der Waals surface area (Å²) in [6.07, 6.45) is 3.95. The van der Waals surface area contributed by atoms with E-state index >= 15 is 0 Å². The normalized spacial score (nSPS) is 13.1. The quantitative estimate of drug-likeness (QED) is 0.797. The van der Waals surface area contributed by atoms with Crippen molar-refractivity contribution in [3.63, 3.8) is 0 Å². The number of hydrogen-bond donors (Lipinski definition) is 3. The Morgan fingerprint density at radius 3 is 2.70 bits per heavy atom. The zero-order valence-corrected chi connectivity index (χ0v) is 14.2. The van der Waals surface area contributed by atoms with Crippen LogP contribution in [0.15, 0.2) is 34.7 Å². The molecule has 1 amide bonds. The lowest BCUT2D eigenvalue weighted by molar-refractivity contribution is -0.119. The first-order valence-corrected chi connectivity index (χ1v) is 7.65. The maximum Gasteiger partial charge on any atom is 0.229 e. The van der Waals surface area contributed by atoms with E-state index < -0.39 is 0 Å². The van der Waals surface area contributed by atoms with Gasteiger partial charge in [0.25, 0.3) is 0 Å². The van der Waals surface area contributed by atoms with E-state index in [9.17, 15) is 4.79 Å². The second kappa shape index (κ2) is 7.13. The molecule has 2 rings (SSSR count). The molecule has 0 aliphatic carbocycles. The Morgan fingerprint density at radius 2 is 2.09 bits per heavy atom. The number of nitrogens with two attached hydrogens (primary N) is 1. The number of nitrogens with zero attached hydrogens (tertiary/aromatic N) is 1. The van der Waals surface area contributed by atoms with Crippen molar-refractivity contribution >= 4 is 17.8 Å². The molecule has 5 heteroatoms. The van der Waals surface area contributed by atoms with Crippen LogP contribution in [0.1, 0.15) is 36.1 Å². The number of nitrogens with one attached hydrogen (secondary N) is 2. The van der Waals surface area contributed by atoms with Crippen LogP contribution in [0, 0.1) is 13.8 Å². The van der Waals surface area contributed by atoms with Crippen molar-refractivity contribution in [1.29, 1.82) is 0 Å². The fourth-order valence-corrected chi connectivity index (χ4v) is 2.54. The predicted molar refractivity (Wildman–Crippen MR) is 94.8 cm³/mol. The van der Waals surface area contributed by atoms with Crippen LogP contribution in [0.4, 0.5) is 0 Å². The van der Waals surface area contributed by atoms with Gasteiger partial charge in [0.2, 0.25) is 5.91 Å². The van der Waals surface area contributed by atoms with Crippen LogP contribution in [-0.4, -0.2) is 18.8 Å². The molecular formula is C18H24N4O. The molecule has 1 aromatic carbocycles. The maximum atomic E-state index is 12.2. The molecule has 1 aliphatic rings. The molecule has 0 aromatic heterocycles. The van der Waals surface area contributed by atoms with Gasteiger partial charge < -0.3 is 16.4 Å². The van der Waals surface area contributed by atoms with Crippen molar-refractivity contribution in [2.24, 2.45) is 10.7 Å². The summed E-state index contributed by atoms with van der Waals surface area (Å²) in [5.74, 6) is 0.329. The first kappa shape index (κ1) is 16.8. The summed E-state index contributed by atoms with van der Waals surface area (Å²) in [7, 11) is 0. The minimum atomic E-state index is -0.0965. The van der Waals surface area contributed by atoms with Gasteiger partial charge in [-0.25, -0.2) is 0 Å². The van der Waals surface area contributed by atoms with Gasteiger partial charge in [-0.05, 0) is 61.1 Å². The predicted octanol–water partition coefficient (Wildman–Crippen LogP) is 2.14. The summed E-state index contributed by atoms with van der Waals surface area (Å²) >= 11 is 0. The highest BCUT2D eigenvalue weighted by Crippen LogP contribution is 2.25. The van der Waals surface area contributed by atoms with Gasteiger partial charge in [-0.15, -0.1) is 0 Å². The smallest absolute Gasteiger partial charge is 0.229 e. The van der Waals surface area contributed by atoms with Crippen molar-refractivity contribution in [2.45, 2.75) is 34.1 Å². The van der Waals surface area contributed by atoms with E-state index in [1.807, 2.05) is 40.0 Å². The maximum absolute atomic E-state index is 12.2. The zero-order valence-electron chi connectivity index (χ0n) is 14.2. The summed E-state index contributed by atoms with van der Waals surface area (Å²) in [5, 5.41) is 5.77. The minimum absolute atomic E-state index is 0.0965. The molecule has 0 saturated carbocycles. The summed E-state index contributed by atoms with van der Waals surface area (Å²) < 4.78 is 0. The fraction of sp³-hybridized carbons (Fsp3) is 0.333. The zero-order chi connectivity index (χ0) is 17.0. The first-order valence-electron chi connectivity index (χ1n) is 7.65. The van der Waals surface area contributed by atoms with Crippen LogP contribution >= 0.6 is 0 Å². The molecule has 0 saturated heterocycles. The first-order chi connectivity index (χ1) is 10.9. The summed E-state index contributed by atoms with van der Waals surface area (Å²) in [6.45, 7) is 8.46. The third-order valence-electron chi connectivity index (χ3n) is 4.01. The topological polar surface area (TPSA) is 79.5 Å². The molecule has 0 unspecified atom stereocenters. The lowest BCUT2D eigenvalue weighted by atomic mass is 9.91. The number of benzene rings is 1. The van der Waals surface area contributed by atoms with Gasteiger partial charge >= 0.3 is 0 Å². The Morgan fingerprint density at radius 1 is 1.35 bits per heavy atom. The van der Waals surface area contributed by atoms with Crippen molar-refractivity contribution in [3.05, 3.63) is 52.0 Å². The molecule has 0 fully saturated rings. The monoisotopic (exact) mass is 312 g/mol. The van der Waals surface area contributed by atoms with E-state index in [-0.39, 0.29) is 5.91 Å². The van der Waals surface area contributed by atoms with Gasteiger partial charge in [0.15, 0.2) is 0 Å². The Bertz CT molecular complexity index is 710. The molecule has 0 atom stereocenters. The number of carbonyl (C=O) groups is 1. The number of rotatable bonds is 4. The number of aryl methyl sites for hydroxylation is 1. The van der Waals surface area contributed by atoms with Gasteiger partial charge in [0.1, 0.15) is 5.82 Å². The summed E-state index contributed by atoms with van der Waals surface area (Å²) in [5.41, 5.74) is 12.2. The Kier molecular flexibility index (Phi) is 5.21. The molecule has 23 heavy (non-hydrogen) atoms. The Labute approximate surface area is 137 Å². The molecule has 1 aromatic rings. The number of aliphatic imine (C=N–C) groups is 1. The average Bonchev–Trinajstić information content (AvgIpc) is 2.52. The molecule has 1 heterocycles. The van der Waals surface area contributed by atoms with E-state index in [0.717, 1.165) is 33.4 Å². The fourth-order valence-electron chi connectivity index (χ4n) is 2.54. The van der Waals surface area contributed by atoms with E-state index in [2.05, 4.69) is 21.7 Å².